The van der Waals surface area contributed by atoms with E-state index in [1.807, 2.05) is 24.0 Å². The average Bonchev–Trinajstić information content (AvgIpc) is 4.04. The van der Waals surface area contributed by atoms with E-state index in [1.165, 1.54) is 24.4 Å². The molecule has 1 unspecified atom stereocenters. The van der Waals surface area contributed by atoms with Gasteiger partial charge in [-0.15, -0.1) is 0 Å². The number of fused-ring (bicyclic) bond motifs is 3. The number of carbonyl (C=O) groups is 3. The van der Waals surface area contributed by atoms with Gasteiger partial charge in [-0.3, -0.25) is 29.6 Å². The first-order valence-electron chi connectivity index (χ1n) is 25.1. The van der Waals surface area contributed by atoms with Crippen LogP contribution in [0.3, 0.4) is 0 Å². The minimum atomic E-state index is -1.33. The number of piperidine rings is 3. The molecule has 0 bridgehead atoms. The number of halogens is 3. The summed E-state index contributed by atoms with van der Waals surface area (Å²) in [6.45, 7) is 10.3. The standard InChI is InChI=1S/C53H60F3N9O6/c1-3-36-40(54)8-5-32-24-35(66)25-38(43(32)36)45-44(55)46-39(26-57-45)47(64-16-4-11-51(2,70)28-64)60-50(59-46)71-31-52(12-13-52)29-61-19-21-62(22-20-61)30-53(56)14-17-63(18-15-53)34-6-7-37-33(23-34)27-65(49(37)69)41-9-10-42(67)58-48(41)68/h5-8,23-26,41,66,70H,3-4,9-22,27-31H2,1-2H3,(H,58,67,68)/t41?,51-/m1/s1. The second-order valence-corrected chi connectivity index (χ2v) is 21.2. The lowest BCUT2D eigenvalue weighted by molar-refractivity contribution is -0.136. The molecule has 71 heavy (non-hydrogen) atoms. The smallest absolute Gasteiger partial charge is 0.319 e. The summed E-state index contributed by atoms with van der Waals surface area (Å²) >= 11 is 0. The van der Waals surface area contributed by atoms with Gasteiger partial charge in [-0.05, 0) is 104 Å². The number of amides is 3. The Morgan fingerprint density at radius 3 is 2.35 bits per heavy atom. The molecule has 2 atom stereocenters. The number of rotatable bonds is 12. The van der Waals surface area contributed by atoms with Gasteiger partial charge in [0.05, 0.1) is 17.6 Å². The number of pyridine rings is 1. The highest BCUT2D eigenvalue weighted by Gasteiger charge is 2.46. The normalized spacial score (nSPS) is 23.7. The molecule has 3 aromatic carbocycles. The number of aliphatic hydroxyl groups is 1. The lowest BCUT2D eigenvalue weighted by atomic mass is 9.91. The van der Waals surface area contributed by atoms with Crippen molar-refractivity contribution in [3.05, 3.63) is 77.0 Å². The number of ether oxygens (including phenoxy) is 1. The zero-order chi connectivity index (χ0) is 49.4. The number of anilines is 2. The van der Waals surface area contributed by atoms with E-state index in [0.29, 0.717) is 111 Å². The molecule has 1 aliphatic carbocycles. The van der Waals surface area contributed by atoms with E-state index in [2.05, 4.69) is 30.0 Å². The molecule has 4 saturated heterocycles. The summed E-state index contributed by atoms with van der Waals surface area (Å²) in [6, 6.07) is 10.9. The van der Waals surface area contributed by atoms with Crippen LogP contribution in [0.4, 0.5) is 24.7 Å². The molecular formula is C53H60F3N9O6. The maximum atomic E-state index is 17.1. The Morgan fingerprint density at radius 1 is 0.873 bits per heavy atom. The van der Waals surface area contributed by atoms with E-state index in [4.69, 9.17) is 9.72 Å². The number of aromatic nitrogens is 3. The lowest BCUT2D eigenvalue weighted by Gasteiger charge is -2.43. The van der Waals surface area contributed by atoms with Gasteiger partial charge >= 0.3 is 6.01 Å². The Morgan fingerprint density at radius 2 is 1.63 bits per heavy atom. The van der Waals surface area contributed by atoms with Crippen molar-refractivity contribution in [3.63, 3.8) is 0 Å². The fraction of sp³-hybridized carbons (Fsp3) is 0.509. The number of phenolic OH excluding ortho intramolecular Hbond substituents is 1. The summed E-state index contributed by atoms with van der Waals surface area (Å²) < 4.78 is 55.2. The van der Waals surface area contributed by atoms with E-state index >= 15 is 13.2 Å². The van der Waals surface area contributed by atoms with E-state index in [-0.39, 0.29) is 58.7 Å². The van der Waals surface area contributed by atoms with Crippen LogP contribution in [0.1, 0.15) is 86.7 Å². The lowest BCUT2D eigenvalue weighted by Crippen LogP contribution is -2.54. The summed E-state index contributed by atoms with van der Waals surface area (Å²) in [5, 5.41) is 25.5. The zero-order valence-corrected chi connectivity index (χ0v) is 40.3. The van der Waals surface area contributed by atoms with Gasteiger partial charge in [0, 0.05) is 120 Å². The largest absolute Gasteiger partial charge is 0.508 e. The van der Waals surface area contributed by atoms with Gasteiger partial charge in [-0.2, -0.15) is 9.97 Å². The second-order valence-electron chi connectivity index (χ2n) is 21.2. The molecule has 5 fully saturated rings. The van der Waals surface area contributed by atoms with Crippen molar-refractivity contribution in [2.45, 2.75) is 95.5 Å². The quantitative estimate of drug-likeness (QED) is 0.120. The first-order valence-corrected chi connectivity index (χ1v) is 25.1. The highest BCUT2D eigenvalue weighted by atomic mass is 19.1. The fourth-order valence-corrected chi connectivity index (χ4v) is 11.8. The van der Waals surface area contributed by atoms with Crippen LogP contribution in [0.15, 0.2) is 48.7 Å². The molecule has 374 valence electrons. The molecule has 5 aliphatic heterocycles. The molecule has 11 rings (SSSR count). The topological polar surface area (TPSA) is 168 Å². The summed E-state index contributed by atoms with van der Waals surface area (Å²) in [6.07, 6.45) is 6.31. The molecule has 6 aliphatic rings. The Hall–Kier alpha value is -6.11. The third kappa shape index (κ3) is 9.22. The third-order valence-electron chi connectivity index (χ3n) is 15.9. The number of imide groups is 1. The third-order valence-corrected chi connectivity index (χ3v) is 15.9. The van der Waals surface area contributed by atoms with Crippen LogP contribution in [-0.2, 0) is 22.6 Å². The minimum Gasteiger partial charge on any atom is -0.508 e. The maximum Gasteiger partial charge on any atom is 0.319 e. The average molecular weight is 976 g/mol. The Balaban J connectivity index is 0.731. The van der Waals surface area contributed by atoms with Gasteiger partial charge in [0.15, 0.2) is 5.82 Å². The predicted octanol–water partition coefficient (Wildman–Crippen LogP) is 6.29. The number of hydrogen-bond donors (Lipinski definition) is 3. The molecule has 3 N–H and O–H groups in total. The number of hydrogen-bond acceptors (Lipinski definition) is 13. The molecule has 2 aromatic heterocycles. The number of alkyl halides is 1. The highest BCUT2D eigenvalue weighted by Crippen LogP contribution is 2.47. The molecule has 5 aromatic rings. The first-order chi connectivity index (χ1) is 34.1. The van der Waals surface area contributed by atoms with Crippen LogP contribution in [0.5, 0.6) is 11.8 Å². The number of aryl methyl sites for hydroxylation is 1. The van der Waals surface area contributed by atoms with Gasteiger partial charge in [-0.25, -0.2) is 13.2 Å². The molecule has 0 spiro atoms. The van der Waals surface area contributed by atoms with Crippen molar-refractivity contribution in [2.24, 2.45) is 5.41 Å². The van der Waals surface area contributed by atoms with Gasteiger partial charge in [0.2, 0.25) is 11.8 Å². The van der Waals surface area contributed by atoms with Gasteiger partial charge in [0.25, 0.3) is 5.91 Å². The van der Waals surface area contributed by atoms with E-state index in [9.17, 15) is 24.6 Å². The summed E-state index contributed by atoms with van der Waals surface area (Å²) in [5.41, 5.74) is 0.383. The number of β-amino-alcohol motifs (C(OH)–C–C–N with tert-alkyl or cyclic N) is 1. The van der Waals surface area contributed by atoms with Crippen molar-refractivity contribution in [1.29, 1.82) is 0 Å². The van der Waals surface area contributed by atoms with Crippen molar-refractivity contribution in [2.75, 3.05) is 81.9 Å². The Bertz CT molecular complexity index is 2950. The van der Waals surface area contributed by atoms with E-state index < -0.39 is 34.9 Å². The highest BCUT2D eigenvalue weighted by molar-refractivity contribution is 6.06. The number of nitrogens with one attached hydrogen (secondary N) is 1. The van der Waals surface area contributed by atoms with Gasteiger partial charge < -0.3 is 34.5 Å². The molecular weight excluding hydrogens is 916 g/mol. The minimum absolute atomic E-state index is 0.00732. The van der Waals surface area contributed by atoms with Crippen molar-refractivity contribution in [3.8, 4) is 23.0 Å². The molecule has 1 saturated carbocycles. The molecule has 18 heteroatoms. The number of phenols is 1. The van der Waals surface area contributed by atoms with Crippen molar-refractivity contribution in [1.82, 2.24) is 35.0 Å². The maximum absolute atomic E-state index is 17.1. The van der Waals surface area contributed by atoms with Crippen LogP contribution in [-0.4, -0.2) is 147 Å². The van der Waals surface area contributed by atoms with Crippen LogP contribution < -0.4 is 19.9 Å². The molecule has 7 heterocycles. The van der Waals surface area contributed by atoms with Crippen molar-refractivity contribution < 1.29 is 42.5 Å². The van der Waals surface area contributed by atoms with Crippen LogP contribution in [0.25, 0.3) is 32.9 Å². The summed E-state index contributed by atoms with van der Waals surface area (Å²) in [7, 11) is 0. The summed E-state index contributed by atoms with van der Waals surface area (Å²) in [5.74, 6) is -1.85. The molecule has 0 radical (unpaired) electrons. The van der Waals surface area contributed by atoms with Gasteiger partial charge in [0.1, 0.15) is 40.3 Å². The van der Waals surface area contributed by atoms with Crippen LogP contribution in [0, 0.1) is 17.0 Å². The van der Waals surface area contributed by atoms with E-state index in [1.54, 1.807) is 24.0 Å². The fourth-order valence-electron chi connectivity index (χ4n) is 11.8. The van der Waals surface area contributed by atoms with Crippen LogP contribution >= 0.6 is 0 Å². The zero-order valence-electron chi connectivity index (χ0n) is 40.3. The molecule has 3 amide bonds. The number of aromatic hydroxyl groups is 1. The predicted molar refractivity (Wildman–Crippen MR) is 261 cm³/mol. The Kier molecular flexibility index (Phi) is 12.1. The molecule has 15 nitrogen and oxygen atoms in total. The number of carbonyl (C=O) groups excluding carboxylic acids is 3. The van der Waals surface area contributed by atoms with Crippen LogP contribution in [0.2, 0.25) is 0 Å². The second kappa shape index (κ2) is 18.2. The summed E-state index contributed by atoms with van der Waals surface area (Å²) in [4.78, 5) is 61.8. The van der Waals surface area contributed by atoms with Gasteiger partial charge in [-0.1, -0.05) is 13.0 Å². The Labute approximate surface area is 410 Å². The number of piperazine rings is 1. The first kappa shape index (κ1) is 47.2. The monoisotopic (exact) mass is 975 g/mol. The number of nitrogens with zero attached hydrogens (tertiary/aromatic N) is 8. The number of benzene rings is 3. The van der Waals surface area contributed by atoms with Crippen molar-refractivity contribution >= 4 is 50.9 Å². The van der Waals surface area contributed by atoms with E-state index in [0.717, 1.165) is 56.8 Å². The SMILES string of the molecule is CCc1c(F)ccc2cc(O)cc(-c3ncc4c(N5CCC[C@@](C)(O)C5)nc(OCC5(CN6CCN(CC7(F)CCN(c8ccc9c(c8)CN(C8CCC(=O)NC8=O)C9=O)CC7)CC6)CC5)nc4c3F)c12.